The van der Waals surface area contributed by atoms with E-state index in [-0.39, 0.29) is 17.9 Å². The molecule has 2 N–H and O–H groups in total. The number of aromatic carboxylic acids is 1. The summed E-state index contributed by atoms with van der Waals surface area (Å²) in [5, 5.41) is 19.6. The number of benzene rings is 1. The van der Waals surface area contributed by atoms with E-state index < -0.39 is 12.1 Å². The zero-order valence-electron chi connectivity index (χ0n) is 18.9. The highest BCUT2D eigenvalue weighted by Gasteiger charge is 2.28. The van der Waals surface area contributed by atoms with Gasteiger partial charge in [0, 0.05) is 30.7 Å². The topological polar surface area (TPSA) is 77.8 Å². The number of aliphatic hydroxyl groups is 1. The van der Waals surface area contributed by atoms with Crippen molar-refractivity contribution in [1.29, 1.82) is 0 Å². The average Bonchev–Trinajstić information content (AvgIpc) is 3.43. The summed E-state index contributed by atoms with van der Waals surface area (Å²) in [5.74, 6) is 5.58. The molecule has 1 unspecified atom stereocenters. The Morgan fingerprint density at radius 1 is 1.24 bits per heavy atom. The number of carboxylic acids is 1. The Balaban J connectivity index is 1.44. The van der Waals surface area contributed by atoms with Gasteiger partial charge in [0.05, 0.1) is 12.1 Å². The van der Waals surface area contributed by atoms with E-state index in [4.69, 9.17) is 5.11 Å². The number of nitrogens with zero attached hydrogens (tertiary/aromatic N) is 1. The quantitative estimate of drug-likeness (QED) is 0.398. The van der Waals surface area contributed by atoms with Gasteiger partial charge < -0.3 is 15.1 Å². The zero-order valence-corrected chi connectivity index (χ0v) is 19.8. The van der Waals surface area contributed by atoms with Crippen molar-refractivity contribution < 1.29 is 19.8 Å². The molecule has 1 saturated heterocycles. The van der Waals surface area contributed by atoms with Gasteiger partial charge in [0.15, 0.2) is 0 Å². The first-order valence-electron chi connectivity index (χ1n) is 11.4. The van der Waals surface area contributed by atoms with Gasteiger partial charge in [-0.3, -0.25) is 4.79 Å². The number of thiophene rings is 1. The van der Waals surface area contributed by atoms with E-state index in [2.05, 4.69) is 24.0 Å². The number of carboxylic acid groups (broad SMARTS) is 1. The summed E-state index contributed by atoms with van der Waals surface area (Å²) in [6.45, 7) is 2.61. The summed E-state index contributed by atoms with van der Waals surface area (Å²) in [4.78, 5) is 26.6. The molecule has 1 aromatic carbocycles. The maximum Gasteiger partial charge on any atom is 0.345 e. The van der Waals surface area contributed by atoms with Crippen molar-refractivity contribution in [2.75, 3.05) is 6.54 Å². The third-order valence-corrected chi connectivity index (χ3v) is 7.00. The maximum absolute atomic E-state index is 12.3. The van der Waals surface area contributed by atoms with Crippen LogP contribution in [0.3, 0.4) is 0 Å². The number of aliphatic hydroxyl groups excluding tert-OH is 1. The van der Waals surface area contributed by atoms with Gasteiger partial charge in [-0.25, -0.2) is 4.79 Å². The summed E-state index contributed by atoms with van der Waals surface area (Å²) in [6, 6.07) is 13.6. The van der Waals surface area contributed by atoms with Crippen LogP contribution < -0.4 is 0 Å². The monoisotopic (exact) mass is 465 g/mol. The van der Waals surface area contributed by atoms with Crippen LogP contribution in [-0.2, 0) is 17.6 Å². The Labute approximate surface area is 199 Å². The van der Waals surface area contributed by atoms with Crippen LogP contribution in [0.1, 0.15) is 52.7 Å². The van der Waals surface area contributed by atoms with Crippen LogP contribution in [0, 0.1) is 17.8 Å². The maximum atomic E-state index is 12.3. The summed E-state index contributed by atoms with van der Waals surface area (Å²) in [7, 11) is 0. The van der Waals surface area contributed by atoms with E-state index in [1.807, 2.05) is 42.2 Å². The molecule has 174 valence electrons. The minimum Gasteiger partial charge on any atom is -0.477 e. The number of hydrogen-bond acceptors (Lipinski definition) is 4. The van der Waals surface area contributed by atoms with Gasteiger partial charge in [0.2, 0.25) is 5.91 Å². The first-order valence-corrected chi connectivity index (χ1v) is 12.2. The van der Waals surface area contributed by atoms with Crippen molar-refractivity contribution in [3.8, 4) is 11.8 Å². The lowest BCUT2D eigenvalue weighted by atomic mass is 9.99. The second-order valence-corrected chi connectivity index (χ2v) is 9.61. The van der Waals surface area contributed by atoms with E-state index in [0.717, 1.165) is 24.1 Å². The fraction of sp³-hybridized carbons (Fsp3) is 0.407. The molecule has 1 aromatic heterocycles. The third kappa shape index (κ3) is 7.59. The molecule has 5 nitrogen and oxygen atoms in total. The van der Waals surface area contributed by atoms with E-state index in [0.29, 0.717) is 30.7 Å². The minimum atomic E-state index is -0.902. The number of amides is 1. The van der Waals surface area contributed by atoms with Gasteiger partial charge in [0.25, 0.3) is 0 Å². The average molecular weight is 466 g/mol. The van der Waals surface area contributed by atoms with Crippen molar-refractivity contribution >= 4 is 23.2 Å². The Bertz CT molecular complexity index is 1020. The molecule has 0 spiro atoms. The number of carbonyl (C=O) groups excluding carboxylic acids is 1. The van der Waals surface area contributed by atoms with Crippen molar-refractivity contribution in [2.45, 2.75) is 57.6 Å². The first-order chi connectivity index (χ1) is 15.9. The molecular formula is C27H31NO4S. The molecule has 6 heteroatoms. The third-order valence-electron chi connectivity index (χ3n) is 5.87. The second kappa shape index (κ2) is 12.4. The normalized spacial score (nSPS) is 17.7. The van der Waals surface area contributed by atoms with Crippen LogP contribution in [0.2, 0.25) is 0 Å². The number of likely N-dealkylation sites (tertiary alicyclic amines) is 1. The Kier molecular flexibility index (Phi) is 9.29. The highest BCUT2D eigenvalue weighted by atomic mass is 32.1. The summed E-state index contributed by atoms with van der Waals surface area (Å²) >= 11 is 1.29. The number of aryl methyl sites for hydroxylation is 1. The molecule has 0 aliphatic carbocycles. The number of rotatable bonds is 10. The molecule has 3 atom stereocenters. The molecule has 0 saturated carbocycles. The van der Waals surface area contributed by atoms with Crippen LogP contribution in [0.4, 0.5) is 0 Å². The van der Waals surface area contributed by atoms with Crippen molar-refractivity contribution in [3.05, 3.63) is 69.9 Å². The fourth-order valence-corrected chi connectivity index (χ4v) is 4.73. The van der Waals surface area contributed by atoms with E-state index in [1.54, 1.807) is 12.1 Å². The lowest BCUT2D eigenvalue weighted by Gasteiger charge is -2.23. The first kappa shape index (κ1) is 24.8. The smallest absolute Gasteiger partial charge is 0.345 e. The van der Waals surface area contributed by atoms with Crippen LogP contribution in [-0.4, -0.2) is 45.7 Å². The van der Waals surface area contributed by atoms with Crippen molar-refractivity contribution in [1.82, 2.24) is 4.90 Å². The van der Waals surface area contributed by atoms with Gasteiger partial charge >= 0.3 is 5.97 Å². The van der Waals surface area contributed by atoms with Gasteiger partial charge in [-0.05, 0) is 42.9 Å². The predicted octanol–water partition coefficient (Wildman–Crippen LogP) is 4.56. The molecule has 1 aliphatic rings. The predicted molar refractivity (Wildman–Crippen MR) is 131 cm³/mol. The Morgan fingerprint density at radius 2 is 2.03 bits per heavy atom. The summed E-state index contributed by atoms with van der Waals surface area (Å²) < 4.78 is 0. The lowest BCUT2D eigenvalue weighted by Crippen LogP contribution is -2.33. The summed E-state index contributed by atoms with van der Waals surface area (Å²) in [6.07, 6.45) is 7.30. The Hall–Kier alpha value is -2.88. The van der Waals surface area contributed by atoms with Crippen LogP contribution in [0.15, 0.2) is 54.6 Å². The minimum absolute atomic E-state index is 0.00133. The molecule has 33 heavy (non-hydrogen) atoms. The lowest BCUT2D eigenvalue weighted by molar-refractivity contribution is -0.128. The largest absolute Gasteiger partial charge is 0.477 e. The Morgan fingerprint density at radius 3 is 2.76 bits per heavy atom. The molecule has 1 fully saturated rings. The van der Waals surface area contributed by atoms with Gasteiger partial charge in [0.1, 0.15) is 4.88 Å². The highest BCUT2D eigenvalue weighted by molar-refractivity contribution is 7.13. The summed E-state index contributed by atoms with van der Waals surface area (Å²) in [5.41, 5.74) is 1.19. The zero-order chi connectivity index (χ0) is 23.6. The standard InChI is InChI=1S/C27H31NO4S/c1-20(8-5-6-11-21-9-3-2-4-10-21)24(29)16-13-22-14-18-26(30)28(22)19-7-12-23-15-17-25(33-23)27(31)32/h2-4,9-10,13,15-17,20,22,24,29H,7-8,11-12,14,18-19H2,1H3,(H,31,32)/t20-,22?,24-/m1/s1. The molecule has 2 heterocycles. The highest BCUT2D eigenvalue weighted by Crippen LogP contribution is 2.23. The molecule has 1 aliphatic heterocycles. The van der Waals surface area contributed by atoms with Crippen LogP contribution >= 0.6 is 11.3 Å². The number of carbonyl (C=O) groups is 2. The van der Waals surface area contributed by atoms with E-state index in [1.165, 1.54) is 16.9 Å². The molecule has 1 amide bonds. The molecule has 2 aromatic rings. The molecule has 0 bridgehead atoms. The molecular weight excluding hydrogens is 434 g/mol. The fourth-order valence-electron chi connectivity index (χ4n) is 3.84. The van der Waals surface area contributed by atoms with Crippen LogP contribution in [0.5, 0.6) is 0 Å². The van der Waals surface area contributed by atoms with Gasteiger partial charge in [-0.15, -0.1) is 17.3 Å². The van der Waals surface area contributed by atoms with Crippen molar-refractivity contribution in [3.63, 3.8) is 0 Å². The molecule has 0 radical (unpaired) electrons. The number of hydrogen-bond donors (Lipinski definition) is 2. The van der Waals surface area contributed by atoms with Gasteiger partial charge in [-0.1, -0.05) is 55.3 Å². The van der Waals surface area contributed by atoms with Crippen molar-refractivity contribution in [2.24, 2.45) is 5.92 Å². The second-order valence-electron chi connectivity index (χ2n) is 8.44. The SMILES string of the molecule is C[C@H](CC#CCc1ccccc1)[C@H](O)C=CC1CCC(=O)N1CCCc1ccc(C(=O)O)s1. The van der Waals surface area contributed by atoms with E-state index in [9.17, 15) is 14.7 Å². The van der Waals surface area contributed by atoms with Crippen LogP contribution in [0.25, 0.3) is 0 Å². The van der Waals surface area contributed by atoms with E-state index >= 15 is 0 Å². The molecule has 3 rings (SSSR count). The van der Waals surface area contributed by atoms with Gasteiger partial charge in [-0.2, -0.15) is 0 Å².